The fourth-order valence-corrected chi connectivity index (χ4v) is 2.73. The summed E-state index contributed by atoms with van der Waals surface area (Å²) in [7, 11) is 1.83. The lowest BCUT2D eigenvalue weighted by Gasteiger charge is -2.21. The molecule has 120 valence electrons. The van der Waals surface area contributed by atoms with Gasteiger partial charge in [0.05, 0.1) is 6.10 Å². The second-order valence-electron chi connectivity index (χ2n) is 7.15. The van der Waals surface area contributed by atoms with E-state index >= 15 is 0 Å². The summed E-state index contributed by atoms with van der Waals surface area (Å²) in [6.07, 6.45) is 9.44. The van der Waals surface area contributed by atoms with E-state index in [2.05, 4.69) is 52.0 Å². The normalized spacial score (nSPS) is 13.4. The fourth-order valence-electron chi connectivity index (χ4n) is 2.73. The van der Waals surface area contributed by atoms with Gasteiger partial charge in [-0.25, -0.2) is 0 Å². The topological polar surface area (TPSA) is 9.23 Å². The summed E-state index contributed by atoms with van der Waals surface area (Å²) in [6.45, 7) is 9.03. The van der Waals surface area contributed by atoms with Gasteiger partial charge in [0.25, 0.3) is 0 Å². The molecule has 1 rings (SSSR count). The van der Waals surface area contributed by atoms with Crippen LogP contribution < -0.4 is 0 Å². The van der Waals surface area contributed by atoms with Gasteiger partial charge in [0, 0.05) is 7.11 Å². The second kappa shape index (κ2) is 9.25. The molecule has 0 heterocycles. The molecule has 0 radical (unpaired) electrons. The molecule has 0 N–H and O–H groups in total. The molecule has 0 bridgehead atoms. The summed E-state index contributed by atoms with van der Waals surface area (Å²) in [5, 5.41) is 0. The number of hydrogen-bond donors (Lipinski definition) is 0. The van der Waals surface area contributed by atoms with Gasteiger partial charge >= 0.3 is 0 Å². The van der Waals surface area contributed by atoms with Crippen LogP contribution in [0.2, 0.25) is 0 Å². The molecule has 1 nitrogen and oxygen atoms in total. The fraction of sp³-hybridized carbons (Fsp3) is 0.700. The van der Waals surface area contributed by atoms with Crippen LogP contribution in [0.25, 0.3) is 0 Å². The summed E-state index contributed by atoms with van der Waals surface area (Å²) in [5.41, 5.74) is 2.93. The average Bonchev–Trinajstić information content (AvgIpc) is 2.46. The van der Waals surface area contributed by atoms with Gasteiger partial charge in [0.2, 0.25) is 0 Å². The monoisotopic (exact) mass is 290 g/mol. The van der Waals surface area contributed by atoms with Crippen LogP contribution in [-0.2, 0) is 10.2 Å². The maximum absolute atomic E-state index is 5.69. The Balaban J connectivity index is 2.45. The molecular weight excluding hydrogens is 256 g/mol. The van der Waals surface area contributed by atoms with Crippen molar-refractivity contribution in [1.82, 2.24) is 0 Å². The predicted octanol–water partition coefficient (Wildman–Crippen LogP) is 6.42. The Morgan fingerprint density at radius 1 is 0.905 bits per heavy atom. The first-order chi connectivity index (χ1) is 9.99. The first kappa shape index (κ1) is 18.2. The third-order valence-electron chi connectivity index (χ3n) is 4.25. The SMILES string of the molecule is CCCCCCCCC(OC)c1ccc(C(C)(C)C)cc1. The third-order valence-corrected chi connectivity index (χ3v) is 4.25. The van der Waals surface area contributed by atoms with E-state index in [-0.39, 0.29) is 11.5 Å². The molecule has 0 aliphatic heterocycles. The van der Waals surface area contributed by atoms with Crippen molar-refractivity contribution in [3.63, 3.8) is 0 Å². The van der Waals surface area contributed by atoms with Crippen molar-refractivity contribution in [2.75, 3.05) is 7.11 Å². The molecule has 0 aliphatic carbocycles. The van der Waals surface area contributed by atoms with Gasteiger partial charge in [-0.2, -0.15) is 0 Å². The van der Waals surface area contributed by atoms with Crippen molar-refractivity contribution < 1.29 is 4.74 Å². The van der Waals surface area contributed by atoms with Crippen molar-refractivity contribution >= 4 is 0 Å². The van der Waals surface area contributed by atoms with Crippen molar-refractivity contribution in [2.45, 2.75) is 84.2 Å². The number of ether oxygens (including phenoxy) is 1. The number of methoxy groups -OCH3 is 1. The smallest absolute Gasteiger partial charge is 0.0821 e. The van der Waals surface area contributed by atoms with Crippen LogP contribution in [0.5, 0.6) is 0 Å². The Kier molecular flexibility index (Phi) is 8.03. The Hall–Kier alpha value is -0.820. The van der Waals surface area contributed by atoms with Crippen LogP contribution in [0, 0.1) is 0 Å². The van der Waals surface area contributed by atoms with Crippen LogP contribution in [-0.4, -0.2) is 7.11 Å². The standard InChI is InChI=1S/C20H34O/c1-6-7-8-9-10-11-12-19(21-5)17-13-15-18(16-14-17)20(2,3)4/h13-16,19H,6-12H2,1-5H3. The second-order valence-corrected chi connectivity index (χ2v) is 7.15. The lowest BCUT2D eigenvalue weighted by molar-refractivity contribution is 0.0930. The van der Waals surface area contributed by atoms with Gasteiger partial charge in [-0.1, -0.05) is 90.5 Å². The first-order valence-electron chi connectivity index (χ1n) is 8.62. The Morgan fingerprint density at radius 3 is 2.00 bits per heavy atom. The van der Waals surface area contributed by atoms with E-state index in [1.807, 2.05) is 7.11 Å². The molecule has 0 aliphatic rings. The summed E-state index contributed by atoms with van der Waals surface area (Å²) in [6, 6.07) is 8.99. The van der Waals surface area contributed by atoms with Gasteiger partial charge in [-0.05, 0) is 23.0 Å². The zero-order valence-electron chi connectivity index (χ0n) is 14.7. The van der Waals surface area contributed by atoms with Crippen molar-refractivity contribution in [1.29, 1.82) is 0 Å². The highest BCUT2D eigenvalue weighted by atomic mass is 16.5. The summed E-state index contributed by atoms with van der Waals surface area (Å²) in [5.74, 6) is 0. The molecule has 1 atom stereocenters. The molecule has 0 fully saturated rings. The highest BCUT2D eigenvalue weighted by Gasteiger charge is 2.15. The third kappa shape index (κ3) is 6.65. The minimum Gasteiger partial charge on any atom is -0.377 e. The molecule has 0 spiro atoms. The van der Waals surface area contributed by atoms with Crippen molar-refractivity contribution in [2.24, 2.45) is 0 Å². The van der Waals surface area contributed by atoms with E-state index in [9.17, 15) is 0 Å². The van der Waals surface area contributed by atoms with E-state index < -0.39 is 0 Å². The molecule has 0 aromatic heterocycles. The molecule has 1 heteroatoms. The lowest BCUT2D eigenvalue weighted by Crippen LogP contribution is -2.11. The van der Waals surface area contributed by atoms with Crippen LogP contribution in [0.3, 0.4) is 0 Å². The van der Waals surface area contributed by atoms with Gasteiger partial charge in [0.1, 0.15) is 0 Å². The minimum absolute atomic E-state index is 0.223. The van der Waals surface area contributed by atoms with Gasteiger partial charge < -0.3 is 4.74 Å². The Labute approximate surface area is 132 Å². The largest absolute Gasteiger partial charge is 0.377 e. The number of hydrogen-bond acceptors (Lipinski definition) is 1. The maximum atomic E-state index is 5.69. The summed E-state index contributed by atoms with van der Waals surface area (Å²) >= 11 is 0. The molecule has 0 saturated carbocycles. The van der Waals surface area contributed by atoms with Gasteiger partial charge in [0.15, 0.2) is 0 Å². The Bertz CT molecular complexity index is 372. The highest BCUT2D eigenvalue weighted by molar-refractivity contribution is 5.28. The van der Waals surface area contributed by atoms with E-state index in [1.54, 1.807) is 0 Å². The highest BCUT2D eigenvalue weighted by Crippen LogP contribution is 2.27. The summed E-state index contributed by atoms with van der Waals surface area (Å²) in [4.78, 5) is 0. The molecule has 0 saturated heterocycles. The predicted molar refractivity (Wildman–Crippen MR) is 92.9 cm³/mol. The van der Waals surface area contributed by atoms with Crippen molar-refractivity contribution in [3.8, 4) is 0 Å². The van der Waals surface area contributed by atoms with E-state index in [4.69, 9.17) is 4.74 Å². The molecular formula is C20H34O. The number of unbranched alkanes of at least 4 members (excludes halogenated alkanes) is 5. The molecule has 1 aromatic carbocycles. The average molecular weight is 290 g/mol. The molecule has 1 unspecified atom stereocenters. The van der Waals surface area contributed by atoms with Crippen LogP contribution in [0.4, 0.5) is 0 Å². The van der Waals surface area contributed by atoms with Crippen molar-refractivity contribution in [3.05, 3.63) is 35.4 Å². The lowest BCUT2D eigenvalue weighted by atomic mass is 9.86. The van der Waals surface area contributed by atoms with Crippen LogP contribution in [0.1, 0.15) is 89.9 Å². The van der Waals surface area contributed by atoms with E-state index in [1.165, 1.54) is 49.7 Å². The maximum Gasteiger partial charge on any atom is 0.0821 e. The first-order valence-corrected chi connectivity index (χ1v) is 8.62. The number of benzene rings is 1. The van der Waals surface area contributed by atoms with Gasteiger partial charge in [-0.3, -0.25) is 0 Å². The summed E-state index contributed by atoms with van der Waals surface area (Å²) < 4.78 is 5.69. The zero-order chi connectivity index (χ0) is 15.7. The quantitative estimate of drug-likeness (QED) is 0.477. The zero-order valence-corrected chi connectivity index (χ0v) is 14.7. The number of rotatable bonds is 9. The van der Waals surface area contributed by atoms with Gasteiger partial charge in [-0.15, -0.1) is 0 Å². The molecule has 21 heavy (non-hydrogen) atoms. The Morgan fingerprint density at radius 2 is 1.48 bits per heavy atom. The minimum atomic E-state index is 0.223. The van der Waals surface area contributed by atoms with Crippen LogP contribution in [0.15, 0.2) is 24.3 Å². The van der Waals surface area contributed by atoms with E-state index in [0.29, 0.717) is 0 Å². The molecule has 1 aromatic rings. The van der Waals surface area contributed by atoms with Crippen LogP contribution >= 0.6 is 0 Å². The van der Waals surface area contributed by atoms with E-state index in [0.717, 1.165) is 6.42 Å². The molecule has 0 amide bonds.